The van der Waals surface area contributed by atoms with E-state index in [9.17, 15) is 18.3 Å². The molecule has 0 saturated carbocycles. The van der Waals surface area contributed by atoms with Crippen molar-refractivity contribution in [3.05, 3.63) is 23.8 Å². The summed E-state index contributed by atoms with van der Waals surface area (Å²) >= 11 is 0. The number of alkyl halides is 3. The molecule has 0 radical (unpaired) electrons. The van der Waals surface area contributed by atoms with E-state index in [2.05, 4.69) is 5.32 Å². The van der Waals surface area contributed by atoms with Gasteiger partial charge in [-0.15, -0.1) is 24.8 Å². The molecule has 1 aliphatic heterocycles. The third-order valence-corrected chi connectivity index (χ3v) is 3.60. The summed E-state index contributed by atoms with van der Waals surface area (Å²) in [6.45, 7) is 2.42. The fourth-order valence-electron chi connectivity index (χ4n) is 2.59. The Bertz CT molecular complexity index is 484. The number of methoxy groups -OCH3 is 1. The molecule has 4 nitrogen and oxygen atoms in total. The number of phenols is 1. The number of phenolic OH excluding ortho intramolecular Hbond substituents is 1. The highest BCUT2D eigenvalue weighted by Gasteiger charge is 2.36. The lowest BCUT2D eigenvalue weighted by atomic mass is 10.00. The maximum atomic E-state index is 12.9. The van der Waals surface area contributed by atoms with Gasteiger partial charge in [-0.25, -0.2) is 0 Å². The lowest BCUT2D eigenvalue weighted by Gasteiger charge is -2.35. The Hall–Kier alpha value is -0.890. The minimum atomic E-state index is -4.26. The molecule has 1 fully saturated rings. The van der Waals surface area contributed by atoms with E-state index in [1.807, 2.05) is 0 Å². The van der Waals surface area contributed by atoms with Gasteiger partial charge in [0.15, 0.2) is 11.5 Å². The van der Waals surface area contributed by atoms with E-state index in [0.29, 0.717) is 31.7 Å². The number of nitrogens with one attached hydrogen (secondary N) is 1. The fraction of sp³-hybridized carbons (Fsp3) is 0.571. The second kappa shape index (κ2) is 9.42. The van der Waals surface area contributed by atoms with Crippen LogP contribution in [0.15, 0.2) is 18.2 Å². The number of piperazine rings is 1. The van der Waals surface area contributed by atoms with Crippen LogP contribution in [-0.4, -0.2) is 49.5 Å². The second-order valence-electron chi connectivity index (χ2n) is 5.05. The molecule has 2 rings (SSSR count). The zero-order valence-electron chi connectivity index (χ0n) is 12.6. The molecule has 2 N–H and O–H groups in total. The van der Waals surface area contributed by atoms with Gasteiger partial charge in [-0.05, 0) is 17.7 Å². The van der Waals surface area contributed by atoms with Gasteiger partial charge in [0.05, 0.1) is 13.5 Å². The summed E-state index contributed by atoms with van der Waals surface area (Å²) in [5, 5.41) is 12.9. The quantitative estimate of drug-likeness (QED) is 0.847. The molecule has 0 bridgehead atoms. The molecule has 9 heteroatoms. The molecule has 0 aliphatic carbocycles. The Labute approximate surface area is 145 Å². The maximum absolute atomic E-state index is 12.9. The van der Waals surface area contributed by atoms with Gasteiger partial charge in [-0.3, -0.25) is 4.90 Å². The Morgan fingerprint density at radius 1 is 1.26 bits per heavy atom. The maximum Gasteiger partial charge on any atom is 0.390 e. The molecule has 1 saturated heterocycles. The number of aromatic hydroxyl groups is 1. The van der Waals surface area contributed by atoms with Gasteiger partial charge >= 0.3 is 6.18 Å². The Morgan fingerprint density at radius 2 is 1.87 bits per heavy atom. The molecule has 134 valence electrons. The predicted octanol–water partition coefficient (Wildman–Crippen LogP) is 3.14. The second-order valence-corrected chi connectivity index (χ2v) is 5.05. The van der Waals surface area contributed by atoms with Crippen molar-refractivity contribution in [3.63, 3.8) is 0 Å². The smallest absolute Gasteiger partial charge is 0.390 e. The van der Waals surface area contributed by atoms with E-state index >= 15 is 0 Å². The van der Waals surface area contributed by atoms with Crippen molar-refractivity contribution in [2.45, 2.75) is 18.6 Å². The predicted molar refractivity (Wildman–Crippen MR) is 87.0 cm³/mol. The van der Waals surface area contributed by atoms with Crippen molar-refractivity contribution in [1.29, 1.82) is 0 Å². The molecule has 0 amide bonds. The van der Waals surface area contributed by atoms with Crippen molar-refractivity contribution in [3.8, 4) is 11.5 Å². The molecule has 0 aromatic heterocycles. The lowest BCUT2D eigenvalue weighted by Crippen LogP contribution is -2.46. The van der Waals surface area contributed by atoms with Gasteiger partial charge in [0.25, 0.3) is 0 Å². The van der Waals surface area contributed by atoms with Crippen LogP contribution in [0.3, 0.4) is 0 Å². The normalized spacial score (nSPS) is 16.9. The summed E-state index contributed by atoms with van der Waals surface area (Å²) in [6, 6.07) is 3.65. The highest BCUT2D eigenvalue weighted by molar-refractivity contribution is 5.85. The number of rotatable bonds is 4. The van der Waals surface area contributed by atoms with Crippen LogP contribution >= 0.6 is 24.8 Å². The number of benzene rings is 1. The summed E-state index contributed by atoms with van der Waals surface area (Å²) in [5.41, 5.74) is 0.451. The summed E-state index contributed by atoms with van der Waals surface area (Å²) in [7, 11) is 1.40. The molecule has 0 spiro atoms. The van der Waals surface area contributed by atoms with Gasteiger partial charge in [0.2, 0.25) is 0 Å². The fourth-order valence-corrected chi connectivity index (χ4v) is 2.59. The van der Waals surface area contributed by atoms with Gasteiger partial charge in [0, 0.05) is 32.2 Å². The van der Waals surface area contributed by atoms with E-state index in [1.54, 1.807) is 11.0 Å². The SMILES string of the molecule is COc1ccc([C@@H](CC(F)(F)F)N2CCNCC2)cc1O.Cl.Cl. The third kappa shape index (κ3) is 6.25. The van der Waals surface area contributed by atoms with Gasteiger partial charge < -0.3 is 15.2 Å². The molecule has 1 aromatic carbocycles. The van der Waals surface area contributed by atoms with Crippen LogP contribution in [0.5, 0.6) is 11.5 Å². The van der Waals surface area contributed by atoms with E-state index < -0.39 is 18.6 Å². The van der Waals surface area contributed by atoms with Crippen LogP contribution in [0.1, 0.15) is 18.0 Å². The van der Waals surface area contributed by atoms with Crippen LogP contribution in [0.2, 0.25) is 0 Å². The Kier molecular flexibility index (Phi) is 9.05. The van der Waals surface area contributed by atoms with Crippen molar-refractivity contribution >= 4 is 24.8 Å². The van der Waals surface area contributed by atoms with E-state index in [1.165, 1.54) is 19.2 Å². The highest BCUT2D eigenvalue weighted by atomic mass is 35.5. The lowest BCUT2D eigenvalue weighted by molar-refractivity contribution is -0.148. The minimum Gasteiger partial charge on any atom is -0.504 e. The topological polar surface area (TPSA) is 44.7 Å². The van der Waals surface area contributed by atoms with Crippen molar-refractivity contribution < 1.29 is 23.0 Å². The zero-order chi connectivity index (χ0) is 15.5. The first-order valence-electron chi connectivity index (χ1n) is 6.79. The molecule has 23 heavy (non-hydrogen) atoms. The van der Waals surface area contributed by atoms with Crippen LogP contribution in [-0.2, 0) is 0 Å². The first-order chi connectivity index (χ1) is 9.90. The van der Waals surface area contributed by atoms with E-state index in [-0.39, 0.29) is 36.3 Å². The number of hydrogen-bond donors (Lipinski definition) is 2. The van der Waals surface area contributed by atoms with Crippen LogP contribution < -0.4 is 10.1 Å². The highest BCUT2D eigenvalue weighted by Crippen LogP contribution is 2.37. The number of hydrogen-bond acceptors (Lipinski definition) is 4. The van der Waals surface area contributed by atoms with Crippen LogP contribution in [0.25, 0.3) is 0 Å². The standard InChI is InChI=1S/C14H19F3N2O2.2ClH/c1-21-13-3-2-10(8-12(13)20)11(9-14(15,16)17)19-6-4-18-5-7-19;;/h2-3,8,11,18,20H,4-7,9H2,1H3;2*1H/t11-;;/m1../s1. The van der Waals surface area contributed by atoms with E-state index in [4.69, 9.17) is 4.74 Å². The molecular weight excluding hydrogens is 356 g/mol. The summed E-state index contributed by atoms with van der Waals surface area (Å²) in [5.74, 6) is 0.113. The molecule has 1 heterocycles. The molecular formula is C14H21Cl2F3N2O2. The number of halogens is 5. The van der Waals surface area contributed by atoms with Crippen molar-refractivity contribution in [1.82, 2.24) is 10.2 Å². The summed E-state index contributed by atoms with van der Waals surface area (Å²) in [6.07, 6.45) is -5.19. The largest absolute Gasteiger partial charge is 0.504 e. The molecule has 1 atom stereocenters. The summed E-state index contributed by atoms with van der Waals surface area (Å²) in [4.78, 5) is 1.80. The molecule has 1 aromatic rings. The van der Waals surface area contributed by atoms with Crippen LogP contribution in [0.4, 0.5) is 13.2 Å². The first kappa shape index (κ1) is 22.1. The molecule has 0 unspecified atom stereocenters. The minimum absolute atomic E-state index is 0. The van der Waals surface area contributed by atoms with Gasteiger partial charge in [-0.2, -0.15) is 13.2 Å². The van der Waals surface area contributed by atoms with Gasteiger partial charge in [0.1, 0.15) is 0 Å². The molecule has 1 aliphatic rings. The van der Waals surface area contributed by atoms with Crippen LogP contribution in [0, 0.1) is 0 Å². The van der Waals surface area contributed by atoms with Gasteiger partial charge in [-0.1, -0.05) is 6.07 Å². The monoisotopic (exact) mass is 376 g/mol. The zero-order valence-corrected chi connectivity index (χ0v) is 14.2. The number of nitrogens with zero attached hydrogens (tertiary/aromatic N) is 1. The number of ether oxygens (including phenoxy) is 1. The Balaban J connectivity index is 0.00000242. The van der Waals surface area contributed by atoms with E-state index in [0.717, 1.165) is 0 Å². The Morgan fingerprint density at radius 3 is 2.35 bits per heavy atom. The van der Waals surface area contributed by atoms with Crippen molar-refractivity contribution in [2.75, 3.05) is 33.3 Å². The average molecular weight is 377 g/mol. The first-order valence-corrected chi connectivity index (χ1v) is 6.79. The summed E-state index contributed by atoms with van der Waals surface area (Å²) < 4.78 is 43.5. The average Bonchev–Trinajstić information content (AvgIpc) is 2.45. The third-order valence-electron chi connectivity index (χ3n) is 3.60. The van der Waals surface area contributed by atoms with Crippen molar-refractivity contribution in [2.24, 2.45) is 0 Å².